The molecular weight excluding hydrogens is 482 g/mol. The van der Waals surface area contributed by atoms with Gasteiger partial charge in [0.25, 0.3) is 0 Å². The molecule has 5 nitrogen and oxygen atoms in total. The minimum Gasteiger partial charge on any atom is -0.507 e. The van der Waals surface area contributed by atoms with Crippen LogP contribution in [0.2, 0.25) is 0 Å². The predicted octanol–water partition coefficient (Wildman–Crippen LogP) is 7.32. The fraction of sp³-hybridized carbons (Fsp3) is 0.419. The third-order valence-electron chi connectivity index (χ3n) is 5.08. The van der Waals surface area contributed by atoms with Gasteiger partial charge in [-0.05, 0) is 69.3 Å². The van der Waals surface area contributed by atoms with Crippen molar-refractivity contribution >= 4 is 23.6 Å². The zero-order valence-corrected chi connectivity index (χ0v) is 23.0. The molecule has 1 amide bonds. The molecule has 0 saturated heterocycles. The van der Waals surface area contributed by atoms with E-state index in [1.165, 1.54) is 12.1 Å². The Hall–Kier alpha value is -2.99. The van der Waals surface area contributed by atoms with E-state index in [4.69, 9.17) is 4.74 Å². The standard InChI is InChI=1S/C31H43NO4S/c1-2-3-4-5-6-7-8-9-10-11-12-13-14-15-16-17-18-21-26-37-27-30(34)32-24-25-36-31(35)28-22-19-20-23-29(28)33/h3-4,6-7,9-10,12-13,15-16,19-20,22-23,33H,2,5,8,11,14,17-18,21,24-27H2,1H3,(H,32,34). The molecule has 0 aliphatic carbocycles. The van der Waals surface area contributed by atoms with Gasteiger partial charge in [-0.25, -0.2) is 4.79 Å². The van der Waals surface area contributed by atoms with Crippen molar-refractivity contribution < 1.29 is 19.4 Å². The number of nitrogens with one attached hydrogen (secondary N) is 1. The first-order valence-corrected chi connectivity index (χ1v) is 14.3. The van der Waals surface area contributed by atoms with E-state index in [9.17, 15) is 14.7 Å². The summed E-state index contributed by atoms with van der Waals surface area (Å²) in [4.78, 5) is 23.7. The van der Waals surface area contributed by atoms with Gasteiger partial charge in [-0.3, -0.25) is 4.79 Å². The molecule has 37 heavy (non-hydrogen) atoms. The molecule has 0 bridgehead atoms. The minimum atomic E-state index is -0.603. The van der Waals surface area contributed by atoms with Crippen LogP contribution in [0, 0.1) is 0 Å². The number of hydrogen-bond donors (Lipinski definition) is 2. The van der Waals surface area contributed by atoms with E-state index in [2.05, 4.69) is 73.0 Å². The maximum absolute atomic E-state index is 11.9. The van der Waals surface area contributed by atoms with Crippen LogP contribution in [0.1, 0.15) is 68.6 Å². The molecule has 202 valence electrons. The highest BCUT2D eigenvalue weighted by Crippen LogP contribution is 2.16. The zero-order chi connectivity index (χ0) is 26.8. The second-order valence-electron chi connectivity index (χ2n) is 8.26. The number of aromatic hydroxyl groups is 1. The summed E-state index contributed by atoms with van der Waals surface area (Å²) in [5.74, 6) is 0.556. The zero-order valence-electron chi connectivity index (χ0n) is 22.1. The van der Waals surface area contributed by atoms with Crippen LogP contribution in [-0.2, 0) is 9.53 Å². The lowest BCUT2D eigenvalue weighted by Crippen LogP contribution is -2.29. The molecule has 0 aromatic heterocycles. The van der Waals surface area contributed by atoms with Crippen LogP contribution in [0.3, 0.4) is 0 Å². The molecule has 0 aliphatic heterocycles. The van der Waals surface area contributed by atoms with Crippen LogP contribution in [0.4, 0.5) is 0 Å². The quantitative estimate of drug-likeness (QED) is 0.106. The number of para-hydroxylation sites is 1. The van der Waals surface area contributed by atoms with Crippen LogP contribution in [-0.4, -0.2) is 41.6 Å². The van der Waals surface area contributed by atoms with Gasteiger partial charge >= 0.3 is 5.97 Å². The topological polar surface area (TPSA) is 75.6 Å². The Bertz CT molecular complexity index is 902. The number of carbonyl (C=O) groups excluding carboxylic acids is 2. The van der Waals surface area contributed by atoms with Crippen molar-refractivity contribution in [2.45, 2.75) is 58.3 Å². The molecule has 0 saturated carbocycles. The highest BCUT2D eigenvalue weighted by molar-refractivity contribution is 7.99. The lowest BCUT2D eigenvalue weighted by atomic mass is 10.2. The highest BCUT2D eigenvalue weighted by atomic mass is 32.2. The molecule has 6 heteroatoms. The number of ether oxygens (including phenoxy) is 1. The van der Waals surface area contributed by atoms with E-state index < -0.39 is 5.97 Å². The third-order valence-corrected chi connectivity index (χ3v) is 6.13. The predicted molar refractivity (Wildman–Crippen MR) is 157 cm³/mol. The van der Waals surface area contributed by atoms with Crippen molar-refractivity contribution in [3.05, 3.63) is 90.6 Å². The fourth-order valence-corrected chi connectivity index (χ4v) is 3.95. The largest absolute Gasteiger partial charge is 0.507 e. The summed E-state index contributed by atoms with van der Waals surface area (Å²) in [6.07, 6.45) is 30.4. The van der Waals surface area contributed by atoms with Crippen LogP contribution < -0.4 is 5.32 Å². The minimum absolute atomic E-state index is 0.0663. The van der Waals surface area contributed by atoms with Gasteiger partial charge in [0.2, 0.25) is 5.91 Å². The molecule has 0 unspecified atom stereocenters. The van der Waals surface area contributed by atoms with Crippen molar-refractivity contribution in [3.8, 4) is 5.75 Å². The number of rotatable bonds is 20. The van der Waals surface area contributed by atoms with Crippen molar-refractivity contribution in [2.24, 2.45) is 0 Å². The summed E-state index contributed by atoms with van der Waals surface area (Å²) in [6.45, 7) is 2.47. The summed E-state index contributed by atoms with van der Waals surface area (Å²) < 4.78 is 5.07. The second-order valence-corrected chi connectivity index (χ2v) is 9.36. The molecule has 0 fully saturated rings. The number of allylic oxidation sites excluding steroid dienone is 10. The SMILES string of the molecule is CCC=CCC=CCC=CCC=CCC=CCCCCSCC(=O)NCCOC(=O)c1ccccc1O. The molecule has 1 aromatic carbocycles. The molecule has 0 heterocycles. The van der Waals surface area contributed by atoms with Gasteiger partial charge in [0.05, 0.1) is 12.3 Å². The maximum Gasteiger partial charge on any atom is 0.341 e. The number of phenols is 1. The van der Waals surface area contributed by atoms with Gasteiger partial charge in [0.15, 0.2) is 0 Å². The van der Waals surface area contributed by atoms with Crippen molar-refractivity contribution in [3.63, 3.8) is 0 Å². The Morgan fingerprint density at radius 2 is 1.46 bits per heavy atom. The Morgan fingerprint density at radius 1 is 0.865 bits per heavy atom. The van der Waals surface area contributed by atoms with Crippen LogP contribution in [0.5, 0.6) is 5.75 Å². The maximum atomic E-state index is 11.9. The second kappa shape index (κ2) is 23.4. The number of hydrogen-bond acceptors (Lipinski definition) is 5. The summed E-state index contributed by atoms with van der Waals surface area (Å²) in [7, 11) is 0. The summed E-state index contributed by atoms with van der Waals surface area (Å²) in [5.41, 5.74) is 0.119. The van der Waals surface area contributed by atoms with E-state index in [0.717, 1.165) is 57.1 Å². The van der Waals surface area contributed by atoms with Gasteiger partial charge in [0, 0.05) is 0 Å². The Balaban J connectivity index is 1.91. The Morgan fingerprint density at radius 3 is 2.08 bits per heavy atom. The summed E-state index contributed by atoms with van der Waals surface area (Å²) >= 11 is 1.61. The molecule has 0 atom stereocenters. The molecule has 0 spiro atoms. The smallest absolute Gasteiger partial charge is 0.341 e. The third kappa shape index (κ3) is 18.9. The molecule has 2 N–H and O–H groups in total. The van der Waals surface area contributed by atoms with Crippen LogP contribution in [0.15, 0.2) is 85.0 Å². The first-order chi connectivity index (χ1) is 18.1. The normalized spacial score (nSPS) is 12.0. The Labute approximate surface area is 227 Å². The number of esters is 1. The van der Waals surface area contributed by atoms with Gasteiger partial charge in [-0.2, -0.15) is 11.8 Å². The highest BCUT2D eigenvalue weighted by Gasteiger charge is 2.11. The fourth-order valence-electron chi connectivity index (χ4n) is 3.11. The van der Waals surface area contributed by atoms with E-state index in [0.29, 0.717) is 5.75 Å². The van der Waals surface area contributed by atoms with E-state index >= 15 is 0 Å². The number of carbonyl (C=O) groups is 2. The van der Waals surface area contributed by atoms with Crippen molar-refractivity contribution in [2.75, 3.05) is 24.7 Å². The van der Waals surface area contributed by atoms with E-state index in [1.807, 2.05) is 0 Å². The van der Waals surface area contributed by atoms with Crippen molar-refractivity contribution in [1.29, 1.82) is 0 Å². The summed E-state index contributed by atoms with van der Waals surface area (Å²) in [5, 5.41) is 12.4. The average molecular weight is 526 g/mol. The number of thioether (sulfide) groups is 1. The first kappa shape index (κ1) is 32.0. The summed E-state index contributed by atoms with van der Waals surface area (Å²) in [6, 6.07) is 6.21. The monoisotopic (exact) mass is 525 g/mol. The van der Waals surface area contributed by atoms with Gasteiger partial charge in [0.1, 0.15) is 17.9 Å². The lowest BCUT2D eigenvalue weighted by Gasteiger charge is -2.07. The molecule has 0 radical (unpaired) electrons. The lowest BCUT2D eigenvalue weighted by molar-refractivity contribution is -0.118. The molecule has 0 aliphatic rings. The van der Waals surface area contributed by atoms with E-state index in [1.54, 1.807) is 23.9 Å². The van der Waals surface area contributed by atoms with Crippen LogP contribution in [0.25, 0.3) is 0 Å². The number of amides is 1. The van der Waals surface area contributed by atoms with Crippen molar-refractivity contribution in [1.82, 2.24) is 5.32 Å². The number of benzene rings is 1. The average Bonchev–Trinajstić information content (AvgIpc) is 2.90. The van der Waals surface area contributed by atoms with E-state index in [-0.39, 0.29) is 30.4 Å². The molecular formula is C31H43NO4S. The number of phenolic OH excluding ortho intramolecular Hbond substituents is 1. The van der Waals surface area contributed by atoms with Gasteiger partial charge < -0.3 is 15.2 Å². The van der Waals surface area contributed by atoms with Crippen LogP contribution >= 0.6 is 11.8 Å². The molecule has 1 aromatic rings. The molecule has 1 rings (SSSR count). The first-order valence-electron chi connectivity index (χ1n) is 13.2. The number of unbranched alkanes of at least 4 members (excludes halogenated alkanes) is 2. The van der Waals surface area contributed by atoms with Gasteiger partial charge in [-0.15, -0.1) is 0 Å². The van der Waals surface area contributed by atoms with Gasteiger partial charge in [-0.1, -0.05) is 79.8 Å². The Kier molecular flexibility index (Phi) is 20.3.